The van der Waals surface area contributed by atoms with Gasteiger partial charge in [-0.05, 0) is 37.6 Å². The molecule has 2 aromatic rings. The molecule has 1 saturated heterocycles. The van der Waals surface area contributed by atoms with Crippen molar-refractivity contribution in [2.45, 2.75) is 24.0 Å². The zero-order valence-corrected chi connectivity index (χ0v) is 14.7. The lowest BCUT2D eigenvalue weighted by Crippen LogP contribution is -2.47. The molecule has 2 aliphatic rings. The molecule has 2 aliphatic heterocycles. The summed E-state index contributed by atoms with van der Waals surface area (Å²) in [5.74, 6) is -0.283. The standard InChI is InChI=1S/C18H15ClN2O2S/c1-10-7-8-12(9-14(10)19)21-16(22)11(2)24-18(21)13-5-3-4-6-15(13)20-17(18)23/h3-9,11H,1-2H3,(H,20,23)/t11-,18-/m0/s1. The van der Waals surface area contributed by atoms with Crippen molar-refractivity contribution in [3.63, 3.8) is 0 Å². The molecule has 4 rings (SSSR count). The Labute approximate surface area is 149 Å². The molecule has 1 fully saturated rings. The molecule has 1 N–H and O–H groups in total. The highest BCUT2D eigenvalue weighted by atomic mass is 35.5. The number of para-hydroxylation sites is 1. The van der Waals surface area contributed by atoms with E-state index in [1.165, 1.54) is 11.8 Å². The summed E-state index contributed by atoms with van der Waals surface area (Å²) in [5, 5.41) is 3.17. The Morgan fingerprint density at radius 1 is 1.21 bits per heavy atom. The molecule has 122 valence electrons. The minimum absolute atomic E-state index is 0.0910. The third-order valence-electron chi connectivity index (χ3n) is 4.49. The van der Waals surface area contributed by atoms with E-state index < -0.39 is 4.87 Å². The normalized spacial score (nSPS) is 25.3. The van der Waals surface area contributed by atoms with Crippen LogP contribution in [0.4, 0.5) is 11.4 Å². The summed E-state index contributed by atoms with van der Waals surface area (Å²) in [6.45, 7) is 3.74. The second kappa shape index (κ2) is 5.26. The van der Waals surface area contributed by atoms with Gasteiger partial charge >= 0.3 is 0 Å². The first-order valence-electron chi connectivity index (χ1n) is 7.64. The molecule has 0 bridgehead atoms. The molecule has 0 aromatic heterocycles. The second-order valence-electron chi connectivity index (χ2n) is 6.01. The van der Waals surface area contributed by atoms with E-state index in [9.17, 15) is 9.59 Å². The average molecular weight is 359 g/mol. The molecule has 6 heteroatoms. The Kier molecular flexibility index (Phi) is 3.41. The topological polar surface area (TPSA) is 49.4 Å². The first-order chi connectivity index (χ1) is 11.4. The van der Waals surface area contributed by atoms with Crippen LogP contribution in [0.25, 0.3) is 0 Å². The van der Waals surface area contributed by atoms with E-state index in [1.807, 2.05) is 50.2 Å². The van der Waals surface area contributed by atoms with Crippen LogP contribution in [0, 0.1) is 6.92 Å². The smallest absolute Gasteiger partial charge is 0.266 e. The van der Waals surface area contributed by atoms with E-state index in [0.717, 1.165) is 16.8 Å². The number of fused-ring (bicyclic) bond motifs is 2. The number of benzene rings is 2. The van der Waals surface area contributed by atoms with Gasteiger partial charge in [-0.2, -0.15) is 0 Å². The minimum Gasteiger partial charge on any atom is -0.323 e. The number of nitrogens with one attached hydrogen (secondary N) is 1. The van der Waals surface area contributed by atoms with E-state index in [1.54, 1.807) is 11.0 Å². The SMILES string of the molecule is Cc1ccc(N2C(=O)[C@H](C)S[C@@]23C(=O)Nc2ccccc23)cc1Cl. The van der Waals surface area contributed by atoms with Gasteiger partial charge in [-0.1, -0.05) is 35.9 Å². The number of carbonyl (C=O) groups is 2. The Morgan fingerprint density at radius 3 is 2.71 bits per heavy atom. The molecular weight excluding hydrogens is 344 g/mol. The van der Waals surface area contributed by atoms with Crippen LogP contribution in [-0.2, 0) is 14.5 Å². The van der Waals surface area contributed by atoms with Gasteiger partial charge < -0.3 is 5.32 Å². The van der Waals surface area contributed by atoms with Crippen molar-refractivity contribution < 1.29 is 9.59 Å². The van der Waals surface area contributed by atoms with Crippen LogP contribution in [0.15, 0.2) is 42.5 Å². The van der Waals surface area contributed by atoms with Crippen molar-refractivity contribution in [3.8, 4) is 0 Å². The van der Waals surface area contributed by atoms with Gasteiger partial charge in [0.15, 0.2) is 0 Å². The Bertz CT molecular complexity index is 885. The van der Waals surface area contributed by atoms with E-state index >= 15 is 0 Å². The largest absolute Gasteiger partial charge is 0.323 e. The van der Waals surface area contributed by atoms with Gasteiger partial charge in [0.2, 0.25) is 10.8 Å². The fraction of sp³-hybridized carbons (Fsp3) is 0.222. The molecule has 0 radical (unpaired) electrons. The van der Waals surface area contributed by atoms with Gasteiger partial charge in [-0.15, -0.1) is 11.8 Å². The predicted molar refractivity (Wildman–Crippen MR) is 97.5 cm³/mol. The van der Waals surface area contributed by atoms with E-state index in [4.69, 9.17) is 11.6 Å². The summed E-state index contributed by atoms with van der Waals surface area (Å²) in [7, 11) is 0. The number of nitrogens with zero attached hydrogens (tertiary/aromatic N) is 1. The molecule has 2 atom stereocenters. The number of rotatable bonds is 1. The highest BCUT2D eigenvalue weighted by molar-refractivity contribution is 8.03. The molecule has 0 aliphatic carbocycles. The maximum absolute atomic E-state index is 12.9. The summed E-state index contributed by atoms with van der Waals surface area (Å²) in [6, 6.07) is 13.0. The number of thioether (sulfide) groups is 1. The maximum Gasteiger partial charge on any atom is 0.266 e. The van der Waals surface area contributed by atoms with Crippen LogP contribution in [0.1, 0.15) is 18.1 Å². The first kappa shape index (κ1) is 15.5. The lowest BCUT2D eigenvalue weighted by Gasteiger charge is -2.32. The van der Waals surface area contributed by atoms with E-state index in [0.29, 0.717) is 10.7 Å². The number of aryl methyl sites for hydroxylation is 1. The third kappa shape index (κ3) is 1.95. The first-order valence-corrected chi connectivity index (χ1v) is 8.90. The molecule has 0 unspecified atom stereocenters. The van der Waals surface area contributed by atoms with Crippen LogP contribution in [-0.4, -0.2) is 17.1 Å². The number of amides is 2. The third-order valence-corrected chi connectivity index (χ3v) is 6.38. The monoisotopic (exact) mass is 358 g/mol. The van der Waals surface area contributed by atoms with E-state index in [-0.39, 0.29) is 17.1 Å². The number of halogens is 1. The van der Waals surface area contributed by atoms with Crippen molar-refractivity contribution in [1.82, 2.24) is 0 Å². The molecule has 4 nitrogen and oxygen atoms in total. The van der Waals surface area contributed by atoms with Gasteiger partial charge in [0, 0.05) is 22.0 Å². The quantitative estimate of drug-likeness (QED) is 0.840. The van der Waals surface area contributed by atoms with Crippen LogP contribution in [0.5, 0.6) is 0 Å². The van der Waals surface area contributed by atoms with Crippen molar-refractivity contribution in [2.75, 3.05) is 10.2 Å². The number of anilines is 2. The van der Waals surface area contributed by atoms with Crippen molar-refractivity contribution >= 4 is 46.6 Å². The van der Waals surface area contributed by atoms with Gasteiger partial charge in [0.25, 0.3) is 5.91 Å². The lowest BCUT2D eigenvalue weighted by molar-refractivity contribution is -0.122. The predicted octanol–water partition coefficient (Wildman–Crippen LogP) is 3.92. The van der Waals surface area contributed by atoms with Crippen molar-refractivity contribution in [3.05, 3.63) is 58.6 Å². The Balaban J connectivity index is 1.95. The molecule has 0 saturated carbocycles. The average Bonchev–Trinajstić information content (AvgIpc) is 2.98. The lowest BCUT2D eigenvalue weighted by atomic mass is 10.0. The molecule has 1 spiro atoms. The summed E-state index contributed by atoms with van der Waals surface area (Å²) < 4.78 is 0. The fourth-order valence-electron chi connectivity index (χ4n) is 3.28. The molecule has 2 amide bonds. The van der Waals surface area contributed by atoms with Gasteiger partial charge in [-0.25, -0.2) is 0 Å². The highest BCUT2D eigenvalue weighted by Crippen LogP contribution is 2.56. The van der Waals surface area contributed by atoms with Crippen molar-refractivity contribution in [2.24, 2.45) is 0 Å². The van der Waals surface area contributed by atoms with Crippen LogP contribution in [0.2, 0.25) is 5.02 Å². The summed E-state index contributed by atoms with van der Waals surface area (Å²) in [6.07, 6.45) is 0. The van der Waals surface area contributed by atoms with Gasteiger partial charge in [0.1, 0.15) is 0 Å². The van der Waals surface area contributed by atoms with Crippen LogP contribution in [0.3, 0.4) is 0 Å². The zero-order valence-electron chi connectivity index (χ0n) is 13.2. The van der Waals surface area contributed by atoms with Gasteiger partial charge in [0.05, 0.1) is 5.25 Å². The van der Waals surface area contributed by atoms with Crippen LogP contribution < -0.4 is 10.2 Å². The molecular formula is C18H15ClN2O2S. The summed E-state index contributed by atoms with van der Waals surface area (Å²) in [4.78, 5) is 26.3. The number of hydrogen-bond donors (Lipinski definition) is 1. The van der Waals surface area contributed by atoms with Crippen LogP contribution >= 0.6 is 23.4 Å². The minimum atomic E-state index is -1.08. The summed E-state index contributed by atoms with van der Waals surface area (Å²) >= 11 is 7.63. The molecule has 2 aromatic carbocycles. The van der Waals surface area contributed by atoms with E-state index in [2.05, 4.69) is 5.32 Å². The fourth-order valence-corrected chi connectivity index (χ4v) is 4.94. The Morgan fingerprint density at radius 2 is 1.96 bits per heavy atom. The van der Waals surface area contributed by atoms with Crippen molar-refractivity contribution in [1.29, 1.82) is 0 Å². The maximum atomic E-state index is 12.9. The highest BCUT2D eigenvalue weighted by Gasteiger charge is 2.60. The second-order valence-corrected chi connectivity index (χ2v) is 7.95. The molecule has 24 heavy (non-hydrogen) atoms. The number of carbonyl (C=O) groups excluding carboxylic acids is 2. The Hall–Kier alpha value is -1.98. The number of hydrogen-bond acceptors (Lipinski definition) is 3. The van der Waals surface area contributed by atoms with Gasteiger partial charge in [-0.3, -0.25) is 14.5 Å². The zero-order chi connectivity index (χ0) is 17.1. The molecule has 2 heterocycles. The summed E-state index contributed by atoms with van der Waals surface area (Å²) in [5.41, 5.74) is 3.13.